The van der Waals surface area contributed by atoms with Crippen molar-refractivity contribution in [2.45, 2.75) is 32.4 Å². The van der Waals surface area contributed by atoms with Crippen LogP contribution in [0.4, 0.5) is 0 Å². The number of benzene rings is 2. The molecule has 0 aliphatic carbocycles. The maximum absolute atomic E-state index is 13.1. The molecule has 0 saturated carbocycles. The number of halogens is 1. The van der Waals surface area contributed by atoms with Crippen LogP contribution in [0.15, 0.2) is 48.5 Å². The second-order valence-corrected chi connectivity index (χ2v) is 6.60. The molecule has 1 atom stereocenters. The standard InChI is InChI=1S/C20H21ClN2O2/c1-2-11-22-19(24)18-12-14-7-3-4-8-15(14)13-23(18)20(25)16-9-5-6-10-17(16)21/h3-10,18H,2,11-13H2,1H3,(H,22,24). The van der Waals surface area contributed by atoms with E-state index in [1.807, 2.05) is 31.2 Å². The van der Waals surface area contributed by atoms with Crippen LogP contribution in [-0.4, -0.2) is 29.3 Å². The number of hydrogen-bond acceptors (Lipinski definition) is 2. The van der Waals surface area contributed by atoms with Crippen LogP contribution in [0.25, 0.3) is 0 Å². The van der Waals surface area contributed by atoms with Gasteiger partial charge in [0.15, 0.2) is 0 Å². The first-order valence-electron chi connectivity index (χ1n) is 8.51. The zero-order valence-electron chi connectivity index (χ0n) is 14.2. The molecule has 0 aromatic heterocycles. The molecule has 25 heavy (non-hydrogen) atoms. The summed E-state index contributed by atoms with van der Waals surface area (Å²) in [4.78, 5) is 27.4. The van der Waals surface area contributed by atoms with Gasteiger partial charge in [-0.1, -0.05) is 54.9 Å². The zero-order chi connectivity index (χ0) is 17.8. The average Bonchev–Trinajstić information content (AvgIpc) is 2.65. The van der Waals surface area contributed by atoms with Crippen molar-refractivity contribution in [2.75, 3.05) is 6.54 Å². The predicted octanol–water partition coefficient (Wildman–Crippen LogP) is 3.43. The first kappa shape index (κ1) is 17.5. The summed E-state index contributed by atoms with van der Waals surface area (Å²) < 4.78 is 0. The molecule has 0 bridgehead atoms. The average molecular weight is 357 g/mol. The Balaban J connectivity index is 1.94. The van der Waals surface area contributed by atoms with Crippen molar-refractivity contribution in [1.29, 1.82) is 0 Å². The molecule has 0 radical (unpaired) electrons. The first-order valence-corrected chi connectivity index (χ1v) is 8.89. The van der Waals surface area contributed by atoms with Gasteiger partial charge in [0.1, 0.15) is 6.04 Å². The van der Waals surface area contributed by atoms with Crippen molar-refractivity contribution in [3.05, 3.63) is 70.2 Å². The SMILES string of the molecule is CCCNC(=O)C1Cc2ccccc2CN1C(=O)c1ccccc1Cl. The van der Waals surface area contributed by atoms with E-state index in [1.54, 1.807) is 29.2 Å². The Morgan fingerprint density at radius 2 is 1.80 bits per heavy atom. The highest BCUT2D eigenvalue weighted by atomic mass is 35.5. The van der Waals surface area contributed by atoms with Gasteiger partial charge in [0.25, 0.3) is 5.91 Å². The molecule has 0 spiro atoms. The van der Waals surface area contributed by atoms with E-state index in [-0.39, 0.29) is 11.8 Å². The monoisotopic (exact) mass is 356 g/mol. The second kappa shape index (κ2) is 7.70. The van der Waals surface area contributed by atoms with Gasteiger partial charge in [0.05, 0.1) is 10.6 Å². The van der Waals surface area contributed by atoms with Gasteiger partial charge in [-0.3, -0.25) is 9.59 Å². The molecule has 1 aliphatic heterocycles. The summed E-state index contributed by atoms with van der Waals surface area (Å²) in [6.45, 7) is 3.01. The van der Waals surface area contributed by atoms with Crippen molar-refractivity contribution in [2.24, 2.45) is 0 Å². The topological polar surface area (TPSA) is 49.4 Å². The molecule has 3 rings (SSSR count). The Labute approximate surface area is 152 Å². The minimum atomic E-state index is -0.523. The number of amides is 2. The van der Waals surface area contributed by atoms with E-state index in [9.17, 15) is 9.59 Å². The molecule has 0 fully saturated rings. The highest BCUT2D eigenvalue weighted by Crippen LogP contribution is 2.27. The van der Waals surface area contributed by atoms with E-state index in [2.05, 4.69) is 5.32 Å². The molecule has 2 amide bonds. The van der Waals surface area contributed by atoms with Crippen LogP contribution < -0.4 is 5.32 Å². The number of rotatable bonds is 4. The molecule has 1 aliphatic rings. The fourth-order valence-electron chi connectivity index (χ4n) is 3.13. The van der Waals surface area contributed by atoms with Crippen LogP contribution in [0, 0.1) is 0 Å². The third-order valence-corrected chi connectivity index (χ3v) is 4.80. The van der Waals surface area contributed by atoms with Crippen LogP contribution in [0.3, 0.4) is 0 Å². The van der Waals surface area contributed by atoms with Crippen molar-refractivity contribution in [3.8, 4) is 0 Å². The van der Waals surface area contributed by atoms with E-state index in [0.717, 1.165) is 17.5 Å². The fraction of sp³-hybridized carbons (Fsp3) is 0.300. The summed E-state index contributed by atoms with van der Waals surface area (Å²) in [5, 5.41) is 3.32. The molecule has 2 aromatic carbocycles. The normalized spacial score (nSPS) is 16.2. The quantitative estimate of drug-likeness (QED) is 0.912. The Kier molecular flexibility index (Phi) is 5.39. The molecule has 5 heteroatoms. The van der Waals surface area contributed by atoms with E-state index in [0.29, 0.717) is 30.1 Å². The van der Waals surface area contributed by atoms with Gasteiger partial charge in [-0.2, -0.15) is 0 Å². The Hall–Kier alpha value is -2.33. The van der Waals surface area contributed by atoms with Crippen molar-refractivity contribution >= 4 is 23.4 Å². The lowest BCUT2D eigenvalue weighted by Gasteiger charge is -2.36. The number of carbonyl (C=O) groups is 2. The minimum absolute atomic E-state index is 0.114. The number of nitrogens with zero attached hydrogens (tertiary/aromatic N) is 1. The number of fused-ring (bicyclic) bond motifs is 1. The first-order chi connectivity index (χ1) is 12.1. The number of hydrogen-bond donors (Lipinski definition) is 1. The third kappa shape index (κ3) is 3.69. The lowest BCUT2D eigenvalue weighted by atomic mass is 9.92. The largest absolute Gasteiger partial charge is 0.354 e. The summed E-state index contributed by atoms with van der Waals surface area (Å²) in [7, 11) is 0. The van der Waals surface area contributed by atoms with E-state index < -0.39 is 6.04 Å². The van der Waals surface area contributed by atoms with Gasteiger partial charge in [-0.15, -0.1) is 0 Å². The molecule has 1 unspecified atom stereocenters. The molecule has 130 valence electrons. The molecule has 0 saturated heterocycles. The highest BCUT2D eigenvalue weighted by Gasteiger charge is 2.35. The fourth-order valence-corrected chi connectivity index (χ4v) is 3.34. The highest BCUT2D eigenvalue weighted by molar-refractivity contribution is 6.33. The second-order valence-electron chi connectivity index (χ2n) is 6.19. The summed E-state index contributed by atoms with van der Waals surface area (Å²) in [6.07, 6.45) is 1.37. The molecular weight excluding hydrogens is 336 g/mol. The van der Waals surface area contributed by atoms with Gasteiger partial charge >= 0.3 is 0 Å². The van der Waals surface area contributed by atoms with Crippen LogP contribution in [0.5, 0.6) is 0 Å². The van der Waals surface area contributed by atoms with E-state index in [4.69, 9.17) is 11.6 Å². The number of carbonyl (C=O) groups excluding carboxylic acids is 2. The Bertz CT molecular complexity index is 791. The van der Waals surface area contributed by atoms with Gasteiger partial charge in [-0.05, 0) is 29.7 Å². The molecule has 2 aromatic rings. The van der Waals surface area contributed by atoms with Crippen LogP contribution in [0.1, 0.15) is 34.8 Å². The lowest BCUT2D eigenvalue weighted by molar-refractivity contribution is -0.126. The number of nitrogens with one attached hydrogen (secondary N) is 1. The third-order valence-electron chi connectivity index (χ3n) is 4.47. The van der Waals surface area contributed by atoms with Gasteiger partial charge < -0.3 is 10.2 Å². The maximum Gasteiger partial charge on any atom is 0.256 e. The summed E-state index contributed by atoms with van der Waals surface area (Å²) in [5.41, 5.74) is 2.61. The van der Waals surface area contributed by atoms with Gasteiger partial charge in [-0.25, -0.2) is 0 Å². The van der Waals surface area contributed by atoms with Gasteiger partial charge in [0.2, 0.25) is 5.91 Å². The predicted molar refractivity (Wildman–Crippen MR) is 98.6 cm³/mol. The Morgan fingerprint density at radius 1 is 1.12 bits per heavy atom. The van der Waals surface area contributed by atoms with Crippen molar-refractivity contribution in [1.82, 2.24) is 10.2 Å². The summed E-state index contributed by atoms with van der Waals surface area (Å²) >= 11 is 6.20. The van der Waals surface area contributed by atoms with Gasteiger partial charge in [0, 0.05) is 19.5 Å². The van der Waals surface area contributed by atoms with Crippen LogP contribution in [0.2, 0.25) is 5.02 Å². The summed E-state index contributed by atoms with van der Waals surface area (Å²) in [5.74, 6) is -0.325. The minimum Gasteiger partial charge on any atom is -0.354 e. The van der Waals surface area contributed by atoms with Crippen LogP contribution in [-0.2, 0) is 17.8 Å². The lowest BCUT2D eigenvalue weighted by Crippen LogP contribution is -2.52. The zero-order valence-corrected chi connectivity index (χ0v) is 14.9. The van der Waals surface area contributed by atoms with E-state index in [1.165, 1.54) is 0 Å². The molecule has 1 heterocycles. The van der Waals surface area contributed by atoms with E-state index >= 15 is 0 Å². The molecule has 1 N–H and O–H groups in total. The van der Waals surface area contributed by atoms with Crippen LogP contribution >= 0.6 is 11.6 Å². The smallest absolute Gasteiger partial charge is 0.256 e. The molecular formula is C20H21ClN2O2. The van der Waals surface area contributed by atoms with Crippen molar-refractivity contribution in [3.63, 3.8) is 0 Å². The van der Waals surface area contributed by atoms with Crippen molar-refractivity contribution < 1.29 is 9.59 Å². The maximum atomic E-state index is 13.1. The summed E-state index contributed by atoms with van der Waals surface area (Å²) in [6, 6.07) is 14.4. The Morgan fingerprint density at radius 3 is 2.52 bits per heavy atom. The molecule has 4 nitrogen and oxygen atoms in total.